The van der Waals surface area contributed by atoms with Crippen LogP contribution >= 0.6 is 0 Å². The third-order valence-corrected chi connectivity index (χ3v) is 5.10. The van der Waals surface area contributed by atoms with Crippen LogP contribution in [-0.2, 0) is 14.4 Å². The number of amides is 2. The molecule has 0 radical (unpaired) electrons. The number of carbonyl (C=O) groups excluding carboxylic acids is 2. The van der Waals surface area contributed by atoms with E-state index < -0.39 is 30.0 Å². The smallest absolute Gasteiger partial charge is 0.326 e. The molecule has 9 N–H and O–H groups in total. The zero-order valence-corrected chi connectivity index (χ0v) is 16.5. The molecule has 0 aromatic heterocycles. The zero-order chi connectivity index (χ0) is 21.1. The van der Waals surface area contributed by atoms with Gasteiger partial charge in [0.05, 0.1) is 6.04 Å². The molecule has 0 aromatic carbocycles. The first-order valence-corrected chi connectivity index (χ1v) is 9.93. The third-order valence-electron chi connectivity index (χ3n) is 5.10. The topological polar surface area (TPSA) is 183 Å². The number of nitrogens with one attached hydrogen (secondary N) is 4. The molecule has 28 heavy (non-hydrogen) atoms. The lowest BCUT2D eigenvalue weighted by Gasteiger charge is -2.28. The van der Waals surface area contributed by atoms with Crippen molar-refractivity contribution in [3.05, 3.63) is 0 Å². The normalized spacial score (nSPS) is 17.8. The molecule has 0 aromatic rings. The van der Waals surface area contributed by atoms with E-state index in [1.807, 2.05) is 0 Å². The number of hydrogen-bond donors (Lipinski definition) is 7. The minimum atomic E-state index is -1.16. The molecule has 1 fully saturated rings. The summed E-state index contributed by atoms with van der Waals surface area (Å²) in [5, 5.41) is 24.1. The van der Waals surface area contributed by atoms with E-state index in [0.29, 0.717) is 19.4 Å². The van der Waals surface area contributed by atoms with Crippen LogP contribution in [-0.4, -0.2) is 53.5 Å². The molecule has 0 unspecified atom stereocenters. The number of nitrogens with two attached hydrogens (primary N) is 2. The van der Waals surface area contributed by atoms with Crippen LogP contribution in [0, 0.1) is 11.3 Å². The summed E-state index contributed by atoms with van der Waals surface area (Å²) in [6.07, 6.45) is 6.00. The number of carboxylic acids is 1. The van der Waals surface area contributed by atoms with Crippen LogP contribution in [0.5, 0.6) is 0 Å². The van der Waals surface area contributed by atoms with Gasteiger partial charge in [-0.1, -0.05) is 26.2 Å². The lowest BCUT2D eigenvalue weighted by Crippen LogP contribution is -2.55. The van der Waals surface area contributed by atoms with Crippen LogP contribution < -0.4 is 27.4 Å². The molecule has 2 amide bonds. The molecule has 160 valence electrons. The van der Waals surface area contributed by atoms with Crippen molar-refractivity contribution in [2.45, 2.75) is 76.4 Å². The van der Waals surface area contributed by atoms with Gasteiger partial charge in [0, 0.05) is 6.54 Å². The highest BCUT2D eigenvalue weighted by Gasteiger charge is 2.30. The largest absolute Gasteiger partial charge is 0.480 e. The Bertz CT molecular complexity index is 550. The SMILES string of the molecule is CC[C@H](NC(=O)[C@H](N)C1CCCCC1)C(=O)N[C@@H](CCCNC(=N)N)C(=O)O. The summed E-state index contributed by atoms with van der Waals surface area (Å²) in [6, 6.07) is -2.58. The van der Waals surface area contributed by atoms with Crippen molar-refractivity contribution in [2.75, 3.05) is 6.54 Å². The molecular formula is C18H34N6O4. The summed E-state index contributed by atoms with van der Waals surface area (Å²) in [5.41, 5.74) is 11.2. The summed E-state index contributed by atoms with van der Waals surface area (Å²) in [5.74, 6) is -2.14. The summed E-state index contributed by atoms with van der Waals surface area (Å²) < 4.78 is 0. The number of carbonyl (C=O) groups is 3. The van der Waals surface area contributed by atoms with Gasteiger partial charge in [0.1, 0.15) is 12.1 Å². The first kappa shape index (κ1) is 23.7. The second-order valence-electron chi connectivity index (χ2n) is 7.28. The van der Waals surface area contributed by atoms with Crippen molar-refractivity contribution in [1.29, 1.82) is 5.41 Å². The second kappa shape index (κ2) is 12.2. The van der Waals surface area contributed by atoms with Gasteiger partial charge < -0.3 is 32.5 Å². The molecule has 0 bridgehead atoms. The van der Waals surface area contributed by atoms with Gasteiger partial charge in [-0.3, -0.25) is 15.0 Å². The van der Waals surface area contributed by atoms with Gasteiger partial charge in [-0.2, -0.15) is 0 Å². The molecule has 10 heteroatoms. The highest BCUT2D eigenvalue weighted by atomic mass is 16.4. The molecule has 0 heterocycles. The highest BCUT2D eigenvalue weighted by molar-refractivity contribution is 5.91. The monoisotopic (exact) mass is 398 g/mol. The molecule has 1 saturated carbocycles. The summed E-state index contributed by atoms with van der Waals surface area (Å²) in [4.78, 5) is 36.3. The van der Waals surface area contributed by atoms with E-state index in [1.54, 1.807) is 6.92 Å². The Morgan fingerprint density at radius 2 is 1.71 bits per heavy atom. The first-order valence-electron chi connectivity index (χ1n) is 9.93. The van der Waals surface area contributed by atoms with E-state index in [1.165, 1.54) is 0 Å². The maximum absolute atomic E-state index is 12.5. The van der Waals surface area contributed by atoms with Crippen molar-refractivity contribution in [3.8, 4) is 0 Å². The van der Waals surface area contributed by atoms with Gasteiger partial charge in [-0.15, -0.1) is 0 Å². The van der Waals surface area contributed by atoms with E-state index in [-0.39, 0.29) is 24.2 Å². The number of rotatable bonds is 11. The van der Waals surface area contributed by atoms with Crippen molar-refractivity contribution in [1.82, 2.24) is 16.0 Å². The van der Waals surface area contributed by atoms with Crippen LogP contribution in [0.15, 0.2) is 0 Å². The summed E-state index contributed by atoms with van der Waals surface area (Å²) in [6.45, 7) is 2.07. The molecule has 0 saturated heterocycles. The van der Waals surface area contributed by atoms with E-state index in [9.17, 15) is 19.5 Å². The average Bonchev–Trinajstić information content (AvgIpc) is 2.67. The Morgan fingerprint density at radius 1 is 1.11 bits per heavy atom. The average molecular weight is 399 g/mol. The molecule has 1 aliphatic rings. The van der Waals surface area contributed by atoms with Gasteiger partial charge in [0.2, 0.25) is 11.8 Å². The van der Waals surface area contributed by atoms with Gasteiger partial charge in [0.25, 0.3) is 0 Å². The van der Waals surface area contributed by atoms with Crippen molar-refractivity contribution < 1.29 is 19.5 Å². The number of carboxylic acid groups (broad SMARTS) is 1. The Kier molecular flexibility index (Phi) is 10.3. The van der Waals surface area contributed by atoms with Crippen molar-refractivity contribution >= 4 is 23.7 Å². The second-order valence-corrected chi connectivity index (χ2v) is 7.28. The molecule has 10 nitrogen and oxygen atoms in total. The minimum absolute atomic E-state index is 0.120. The predicted molar refractivity (Wildman–Crippen MR) is 105 cm³/mol. The first-order chi connectivity index (χ1) is 13.3. The fourth-order valence-corrected chi connectivity index (χ4v) is 3.39. The molecule has 1 aliphatic carbocycles. The predicted octanol–water partition coefficient (Wildman–Crippen LogP) is -0.379. The van der Waals surface area contributed by atoms with Crippen LogP contribution in [0.1, 0.15) is 58.3 Å². The molecule has 0 aliphatic heterocycles. The van der Waals surface area contributed by atoms with Crippen LogP contribution in [0.4, 0.5) is 0 Å². The van der Waals surface area contributed by atoms with E-state index in [4.69, 9.17) is 16.9 Å². The quantitative estimate of drug-likeness (QED) is 0.140. The Hall–Kier alpha value is -2.36. The Morgan fingerprint density at radius 3 is 2.25 bits per heavy atom. The third kappa shape index (κ3) is 8.12. The maximum Gasteiger partial charge on any atom is 0.326 e. The van der Waals surface area contributed by atoms with Crippen LogP contribution in [0.3, 0.4) is 0 Å². The van der Waals surface area contributed by atoms with E-state index in [2.05, 4.69) is 16.0 Å². The minimum Gasteiger partial charge on any atom is -0.480 e. The molecule has 0 spiro atoms. The number of aliphatic carboxylic acids is 1. The number of guanidine groups is 1. The molecule has 1 rings (SSSR count). The zero-order valence-electron chi connectivity index (χ0n) is 16.5. The van der Waals surface area contributed by atoms with Crippen LogP contribution in [0.2, 0.25) is 0 Å². The van der Waals surface area contributed by atoms with Gasteiger partial charge in [-0.25, -0.2) is 4.79 Å². The van der Waals surface area contributed by atoms with E-state index >= 15 is 0 Å². The standard InChI is InChI=1S/C18H34N6O4/c1-2-12(23-16(26)14(19)11-7-4-3-5-8-11)15(25)24-13(17(27)28)9-6-10-22-18(20)21/h11-14H,2-10,19H2,1H3,(H,23,26)(H,24,25)(H,27,28)(H4,20,21,22)/t12-,13-,14+/m0/s1. The molecule has 3 atom stereocenters. The van der Waals surface area contributed by atoms with Crippen molar-refractivity contribution in [2.24, 2.45) is 17.4 Å². The summed E-state index contributed by atoms with van der Waals surface area (Å²) in [7, 11) is 0. The lowest BCUT2D eigenvalue weighted by molar-refractivity contribution is -0.142. The van der Waals surface area contributed by atoms with E-state index in [0.717, 1.165) is 32.1 Å². The highest BCUT2D eigenvalue weighted by Crippen LogP contribution is 2.25. The number of hydrogen-bond acceptors (Lipinski definition) is 5. The fourth-order valence-electron chi connectivity index (χ4n) is 3.39. The van der Waals surface area contributed by atoms with Gasteiger partial charge >= 0.3 is 5.97 Å². The van der Waals surface area contributed by atoms with Crippen LogP contribution in [0.25, 0.3) is 0 Å². The maximum atomic E-state index is 12.5. The molecular weight excluding hydrogens is 364 g/mol. The van der Waals surface area contributed by atoms with Crippen molar-refractivity contribution in [3.63, 3.8) is 0 Å². The Balaban J connectivity index is 2.55. The fraction of sp³-hybridized carbons (Fsp3) is 0.778. The van der Waals surface area contributed by atoms with Gasteiger partial charge in [-0.05, 0) is 38.0 Å². The summed E-state index contributed by atoms with van der Waals surface area (Å²) >= 11 is 0. The van der Waals surface area contributed by atoms with Gasteiger partial charge in [0.15, 0.2) is 5.96 Å². The Labute approximate surface area is 165 Å². The lowest BCUT2D eigenvalue weighted by atomic mass is 9.84.